The van der Waals surface area contributed by atoms with Crippen LogP contribution in [-0.2, 0) is 0 Å². The van der Waals surface area contributed by atoms with E-state index in [2.05, 4.69) is 21.9 Å². The second-order valence-corrected chi connectivity index (χ2v) is 5.75. The van der Waals surface area contributed by atoms with Crippen LogP contribution in [0.3, 0.4) is 0 Å². The number of nitrogens with zero attached hydrogens (tertiary/aromatic N) is 3. The third-order valence-corrected chi connectivity index (χ3v) is 3.99. The van der Waals surface area contributed by atoms with Gasteiger partial charge in [-0.15, -0.1) is 0 Å². The van der Waals surface area contributed by atoms with E-state index in [0.29, 0.717) is 16.7 Å². The van der Waals surface area contributed by atoms with Crippen LogP contribution in [0.5, 0.6) is 0 Å². The summed E-state index contributed by atoms with van der Waals surface area (Å²) in [5.41, 5.74) is 7.25. The molecular weight excluding hydrogens is 256 g/mol. The van der Waals surface area contributed by atoms with Crippen molar-refractivity contribution >= 4 is 23.2 Å². The summed E-state index contributed by atoms with van der Waals surface area (Å²) in [7, 11) is 2.08. The van der Waals surface area contributed by atoms with Gasteiger partial charge in [0.15, 0.2) is 0 Å². The molecule has 2 N–H and O–H groups in total. The molecule has 0 amide bonds. The van der Waals surface area contributed by atoms with Crippen LogP contribution in [0.2, 0.25) is 0 Å². The van der Waals surface area contributed by atoms with Crippen molar-refractivity contribution in [3.05, 3.63) is 17.5 Å². The maximum Gasteiger partial charge on any atom is 0.226 e. The number of nitrogens with two attached hydrogens (primary N) is 1. The van der Waals surface area contributed by atoms with E-state index < -0.39 is 0 Å². The topological polar surface area (TPSA) is 55.0 Å². The highest BCUT2D eigenvalue weighted by Gasteiger charge is 2.19. The number of hydrogen-bond donors (Lipinski definition) is 1. The van der Waals surface area contributed by atoms with E-state index in [0.717, 1.165) is 11.6 Å². The second-order valence-electron chi connectivity index (χ2n) is 5.32. The molecule has 0 unspecified atom stereocenters. The highest BCUT2D eigenvalue weighted by molar-refractivity contribution is 7.80. The molecule has 1 fully saturated rings. The molecule has 0 bridgehead atoms. The van der Waals surface area contributed by atoms with Crippen molar-refractivity contribution in [2.24, 2.45) is 5.73 Å². The molecule has 0 radical (unpaired) electrons. The summed E-state index contributed by atoms with van der Waals surface area (Å²) in [5, 5.41) is 0. The average molecular weight is 278 g/mol. The maximum atomic E-state index is 5.68. The molecule has 1 aliphatic rings. The van der Waals surface area contributed by atoms with E-state index >= 15 is 0 Å². The van der Waals surface area contributed by atoms with E-state index in [9.17, 15) is 0 Å². The van der Waals surface area contributed by atoms with Gasteiger partial charge in [-0.1, -0.05) is 37.9 Å². The van der Waals surface area contributed by atoms with Gasteiger partial charge in [0.05, 0.1) is 0 Å². The fourth-order valence-corrected chi connectivity index (χ4v) is 2.75. The minimum Gasteiger partial charge on any atom is -0.388 e. The van der Waals surface area contributed by atoms with Crippen molar-refractivity contribution in [1.29, 1.82) is 0 Å². The van der Waals surface area contributed by atoms with Gasteiger partial charge in [0, 0.05) is 18.8 Å². The molecule has 1 saturated carbocycles. The van der Waals surface area contributed by atoms with Gasteiger partial charge in [-0.25, -0.2) is 9.97 Å². The minimum absolute atomic E-state index is 0.334. The SMILES string of the molecule is Cc1cc(C(N)=S)nc(N(C)C2CCCCCC2)n1. The first-order valence-electron chi connectivity index (χ1n) is 6.96. The van der Waals surface area contributed by atoms with Crippen LogP contribution in [0.15, 0.2) is 6.07 Å². The molecule has 104 valence electrons. The zero-order chi connectivity index (χ0) is 13.8. The lowest BCUT2D eigenvalue weighted by atomic mass is 10.1. The Morgan fingerprint density at radius 3 is 2.47 bits per heavy atom. The molecule has 0 spiro atoms. The fraction of sp³-hybridized carbons (Fsp3) is 0.643. The Morgan fingerprint density at radius 1 is 1.26 bits per heavy atom. The lowest BCUT2D eigenvalue weighted by molar-refractivity contribution is 0.544. The highest BCUT2D eigenvalue weighted by atomic mass is 32.1. The van der Waals surface area contributed by atoms with Gasteiger partial charge in [0.2, 0.25) is 5.95 Å². The predicted octanol–water partition coefficient (Wildman–Crippen LogP) is 2.58. The Bertz CT molecular complexity index is 453. The van der Waals surface area contributed by atoms with Crippen LogP contribution in [0.4, 0.5) is 5.95 Å². The Kier molecular flexibility index (Phi) is 4.69. The lowest BCUT2D eigenvalue weighted by Gasteiger charge is -2.27. The van der Waals surface area contributed by atoms with Crippen LogP contribution in [0.1, 0.15) is 49.9 Å². The van der Waals surface area contributed by atoms with Crippen LogP contribution < -0.4 is 10.6 Å². The lowest BCUT2D eigenvalue weighted by Crippen LogP contribution is -2.33. The monoisotopic (exact) mass is 278 g/mol. The first-order valence-corrected chi connectivity index (χ1v) is 7.37. The maximum absolute atomic E-state index is 5.68. The van der Waals surface area contributed by atoms with Gasteiger partial charge in [-0.05, 0) is 25.8 Å². The first kappa shape index (κ1) is 14.2. The van der Waals surface area contributed by atoms with Crippen molar-refractivity contribution in [3.8, 4) is 0 Å². The van der Waals surface area contributed by atoms with Crippen molar-refractivity contribution in [3.63, 3.8) is 0 Å². The van der Waals surface area contributed by atoms with Gasteiger partial charge in [0.25, 0.3) is 0 Å². The van der Waals surface area contributed by atoms with E-state index in [1.165, 1.54) is 38.5 Å². The summed E-state index contributed by atoms with van der Waals surface area (Å²) < 4.78 is 0. The van der Waals surface area contributed by atoms with E-state index in [-0.39, 0.29) is 0 Å². The van der Waals surface area contributed by atoms with Crippen molar-refractivity contribution < 1.29 is 0 Å². The van der Waals surface area contributed by atoms with Crippen LogP contribution in [-0.4, -0.2) is 28.0 Å². The van der Waals surface area contributed by atoms with Gasteiger partial charge < -0.3 is 10.6 Å². The normalized spacial score (nSPS) is 16.9. The Hall–Kier alpha value is -1.23. The largest absolute Gasteiger partial charge is 0.388 e. The summed E-state index contributed by atoms with van der Waals surface area (Å²) in [5.74, 6) is 0.745. The first-order chi connectivity index (χ1) is 9.08. The molecule has 0 aromatic carbocycles. The highest BCUT2D eigenvalue weighted by Crippen LogP contribution is 2.23. The van der Waals surface area contributed by atoms with E-state index in [1.807, 2.05) is 13.0 Å². The Balaban J connectivity index is 2.21. The zero-order valence-electron chi connectivity index (χ0n) is 11.7. The fourth-order valence-electron chi connectivity index (χ4n) is 2.65. The second kappa shape index (κ2) is 6.28. The predicted molar refractivity (Wildman–Crippen MR) is 82.5 cm³/mol. The summed E-state index contributed by atoms with van der Waals surface area (Å²) >= 11 is 5.01. The van der Waals surface area contributed by atoms with Gasteiger partial charge in [-0.3, -0.25) is 0 Å². The smallest absolute Gasteiger partial charge is 0.226 e. The minimum atomic E-state index is 0.334. The summed E-state index contributed by atoms with van der Waals surface area (Å²) in [6.07, 6.45) is 7.71. The molecule has 4 nitrogen and oxygen atoms in total. The van der Waals surface area contributed by atoms with E-state index in [1.54, 1.807) is 0 Å². The van der Waals surface area contributed by atoms with Crippen molar-refractivity contribution in [1.82, 2.24) is 9.97 Å². The number of rotatable bonds is 3. The van der Waals surface area contributed by atoms with Crippen molar-refractivity contribution in [2.75, 3.05) is 11.9 Å². The molecule has 1 heterocycles. The molecule has 0 atom stereocenters. The summed E-state index contributed by atoms with van der Waals surface area (Å²) in [4.78, 5) is 11.5. The molecular formula is C14H22N4S. The third-order valence-electron chi connectivity index (χ3n) is 3.78. The van der Waals surface area contributed by atoms with Gasteiger partial charge in [0.1, 0.15) is 10.7 Å². The summed E-state index contributed by atoms with van der Waals surface area (Å²) in [6.45, 7) is 1.95. The van der Waals surface area contributed by atoms with Gasteiger partial charge >= 0.3 is 0 Å². The molecule has 0 aliphatic heterocycles. The average Bonchev–Trinajstić information content (AvgIpc) is 2.65. The molecule has 0 saturated heterocycles. The molecule has 1 aromatic heterocycles. The van der Waals surface area contributed by atoms with Crippen molar-refractivity contribution in [2.45, 2.75) is 51.5 Å². The molecule has 19 heavy (non-hydrogen) atoms. The standard InChI is InChI=1S/C14H22N4S/c1-10-9-12(13(15)19)17-14(16-10)18(2)11-7-5-3-4-6-8-11/h9,11H,3-8H2,1-2H3,(H2,15,19). The van der Waals surface area contributed by atoms with Crippen LogP contribution in [0, 0.1) is 6.92 Å². The number of hydrogen-bond acceptors (Lipinski definition) is 4. The third kappa shape index (κ3) is 3.62. The summed E-state index contributed by atoms with van der Waals surface area (Å²) in [6, 6.07) is 2.37. The molecule has 1 aliphatic carbocycles. The van der Waals surface area contributed by atoms with Crippen LogP contribution in [0.25, 0.3) is 0 Å². The van der Waals surface area contributed by atoms with Crippen LogP contribution >= 0.6 is 12.2 Å². The number of thiocarbonyl (C=S) groups is 1. The Morgan fingerprint density at radius 2 is 1.89 bits per heavy atom. The number of anilines is 1. The zero-order valence-corrected chi connectivity index (χ0v) is 12.5. The quantitative estimate of drug-likeness (QED) is 0.680. The van der Waals surface area contributed by atoms with E-state index in [4.69, 9.17) is 18.0 Å². The number of aryl methyl sites for hydroxylation is 1. The number of aromatic nitrogens is 2. The molecule has 2 rings (SSSR count). The molecule has 5 heteroatoms. The molecule has 1 aromatic rings. The van der Waals surface area contributed by atoms with Gasteiger partial charge in [-0.2, -0.15) is 0 Å². The Labute approximate surface area is 120 Å².